The Hall–Kier alpha value is -3.29. The Morgan fingerprint density at radius 1 is 1.23 bits per heavy atom. The Kier molecular flexibility index (Phi) is 6.37. The molecule has 0 aliphatic rings. The zero-order valence-electron chi connectivity index (χ0n) is 14.5. The fraction of sp³-hybridized carbons (Fsp3) is 0.278. The van der Waals surface area contributed by atoms with Gasteiger partial charge in [0.2, 0.25) is 0 Å². The van der Waals surface area contributed by atoms with Crippen LogP contribution in [0.3, 0.4) is 0 Å². The molecule has 1 heterocycles. The average molecular weight is 357 g/mol. The molecule has 1 amide bonds. The molecule has 0 bridgehead atoms. The van der Waals surface area contributed by atoms with Gasteiger partial charge in [0.1, 0.15) is 0 Å². The zero-order valence-corrected chi connectivity index (χ0v) is 14.5. The van der Waals surface area contributed by atoms with Crippen LogP contribution in [0.2, 0.25) is 0 Å². The number of pyridine rings is 1. The van der Waals surface area contributed by atoms with Crippen LogP contribution in [0.15, 0.2) is 48.7 Å². The lowest BCUT2D eigenvalue weighted by Crippen LogP contribution is -2.37. The van der Waals surface area contributed by atoms with Crippen molar-refractivity contribution in [3.8, 4) is 0 Å². The standard InChI is InChI=1S/C18H19N3O5/c1-13(18(23)26-2)11-20(12-15-5-3-4-10-19-15)17(22)14-6-8-16(9-7-14)21(24)25/h3-10,13H,11-12H2,1-2H3. The monoisotopic (exact) mass is 357 g/mol. The molecular weight excluding hydrogens is 338 g/mol. The van der Waals surface area contributed by atoms with Crippen molar-refractivity contribution in [3.05, 3.63) is 70.0 Å². The minimum absolute atomic E-state index is 0.0965. The second-order valence-corrected chi connectivity index (χ2v) is 5.73. The number of ether oxygens (including phenoxy) is 1. The van der Waals surface area contributed by atoms with Crippen molar-refractivity contribution in [2.45, 2.75) is 13.5 Å². The number of nitrogens with zero attached hydrogens (tertiary/aromatic N) is 3. The number of hydrogen-bond acceptors (Lipinski definition) is 6. The van der Waals surface area contributed by atoms with Crippen molar-refractivity contribution in [2.75, 3.05) is 13.7 Å². The van der Waals surface area contributed by atoms with Crippen molar-refractivity contribution < 1.29 is 19.2 Å². The molecule has 1 unspecified atom stereocenters. The van der Waals surface area contributed by atoms with Crippen LogP contribution in [-0.2, 0) is 16.1 Å². The van der Waals surface area contributed by atoms with E-state index in [1.807, 2.05) is 0 Å². The van der Waals surface area contributed by atoms with Crippen LogP contribution in [0.25, 0.3) is 0 Å². The van der Waals surface area contributed by atoms with Crippen LogP contribution in [0.1, 0.15) is 23.0 Å². The summed E-state index contributed by atoms with van der Waals surface area (Å²) in [7, 11) is 1.29. The van der Waals surface area contributed by atoms with E-state index in [9.17, 15) is 19.7 Å². The summed E-state index contributed by atoms with van der Waals surface area (Å²) in [4.78, 5) is 40.5. The smallest absolute Gasteiger partial charge is 0.310 e. The van der Waals surface area contributed by atoms with Crippen molar-refractivity contribution in [1.82, 2.24) is 9.88 Å². The van der Waals surface area contributed by atoms with Crippen LogP contribution in [0, 0.1) is 16.0 Å². The van der Waals surface area contributed by atoms with E-state index in [1.165, 1.54) is 36.3 Å². The van der Waals surface area contributed by atoms with E-state index < -0.39 is 16.8 Å². The molecule has 0 fully saturated rings. The first-order valence-electron chi connectivity index (χ1n) is 7.94. The molecule has 8 heteroatoms. The molecule has 1 aromatic heterocycles. The zero-order chi connectivity index (χ0) is 19.1. The van der Waals surface area contributed by atoms with Crippen LogP contribution in [-0.4, -0.2) is 40.3 Å². The molecule has 1 aromatic carbocycles. The van der Waals surface area contributed by atoms with Gasteiger partial charge in [0.15, 0.2) is 0 Å². The Bertz CT molecular complexity index is 777. The lowest BCUT2D eigenvalue weighted by atomic mass is 10.1. The third-order valence-electron chi connectivity index (χ3n) is 3.79. The molecule has 0 N–H and O–H groups in total. The first-order valence-corrected chi connectivity index (χ1v) is 7.94. The number of methoxy groups -OCH3 is 1. The van der Waals surface area contributed by atoms with Gasteiger partial charge in [-0.25, -0.2) is 0 Å². The van der Waals surface area contributed by atoms with Gasteiger partial charge < -0.3 is 9.64 Å². The molecular formula is C18H19N3O5. The third kappa shape index (κ3) is 4.85. The number of amides is 1. The SMILES string of the molecule is COC(=O)C(C)CN(Cc1ccccn1)C(=O)c1ccc([N+](=O)[O-])cc1. The van der Waals surface area contributed by atoms with Gasteiger partial charge in [-0.3, -0.25) is 24.7 Å². The summed E-state index contributed by atoms with van der Waals surface area (Å²) >= 11 is 0. The number of rotatable bonds is 7. The molecule has 0 aliphatic carbocycles. The minimum Gasteiger partial charge on any atom is -0.469 e. The average Bonchev–Trinajstić information content (AvgIpc) is 2.67. The van der Waals surface area contributed by atoms with Crippen LogP contribution < -0.4 is 0 Å². The molecule has 1 atom stereocenters. The van der Waals surface area contributed by atoms with Gasteiger partial charge in [0.25, 0.3) is 11.6 Å². The van der Waals surface area contributed by atoms with Gasteiger partial charge in [0, 0.05) is 30.4 Å². The fourth-order valence-electron chi connectivity index (χ4n) is 2.42. The van der Waals surface area contributed by atoms with Gasteiger partial charge >= 0.3 is 5.97 Å². The highest BCUT2D eigenvalue weighted by Gasteiger charge is 2.23. The van der Waals surface area contributed by atoms with Crippen molar-refractivity contribution in [2.24, 2.45) is 5.92 Å². The summed E-state index contributed by atoms with van der Waals surface area (Å²) in [6.07, 6.45) is 1.62. The van der Waals surface area contributed by atoms with Gasteiger partial charge in [-0.05, 0) is 24.3 Å². The third-order valence-corrected chi connectivity index (χ3v) is 3.79. The highest BCUT2D eigenvalue weighted by atomic mass is 16.6. The summed E-state index contributed by atoms with van der Waals surface area (Å²) in [5.41, 5.74) is 0.865. The number of carbonyl (C=O) groups is 2. The summed E-state index contributed by atoms with van der Waals surface area (Å²) < 4.78 is 4.72. The molecule has 0 saturated carbocycles. The maximum absolute atomic E-state index is 12.9. The van der Waals surface area contributed by atoms with E-state index in [4.69, 9.17) is 4.74 Å². The quantitative estimate of drug-likeness (QED) is 0.428. The molecule has 26 heavy (non-hydrogen) atoms. The Labute approximate surface area is 150 Å². The molecule has 0 saturated heterocycles. The van der Waals surface area contributed by atoms with Crippen LogP contribution >= 0.6 is 0 Å². The Balaban J connectivity index is 2.24. The molecule has 8 nitrogen and oxygen atoms in total. The summed E-state index contributed by atoms with van der Waals surface area (Å²) in [6, 6.07) is 10.7. The van der Waals surface area contributed by atoms with Gasteiger partial charge in [-0.1, -0.05) is 13.0 Å². The number of benzene rings is 1. The van der Waals surface area contributed by atoms with E-state index >= 15 is 0 Å². The number of aromatic nitrogens is 1. The van der Waals surface area contributed by atoms with Gasteiger partial charge in [-0.15, -0.1) is 0 Å². The van der Waals surface area contributed by atoms with E-state index in [1.54, 1.807) is 31.3 Å². The van der Waals surface area contributed by atoms with E-state index in [2.05, 4.69) is 4.98 Å². The lowest BCUT2D eigenvalue weighted by molar-refractivity contribution is -0.384. The number of nitro benzene ring substituents is 1. The maximum atomic E-state index is 12.9. The predicted octanol–water partition coefficient (Wildman–Crippen LogP) is 2.44. The van der Waals surface area contributed by atoms with Crippen LogP contribution in [0.5, 0.6) is 0 Å². The largest absolute Gasteiger partial charge is 0.469 e. The molecule has 0 aliphatic heterocycles. The number of carbonyl (C=O) groups excluding carboxylic acids is 2. The number of esters is 1. The topological polar surface area (TPSA) is 103 Å². The van der Waals surface area contributed by atoms with E-state index in [-0.39, 0.29) is 24.7 Å². The number of non-ortho nitro benzene ring substituents is 1. The predicted molar refractivity (Wildman–Crippen MR) is 93.3 cm³/mol. The van der Waals surface area contributed by atoms with Crippen molar-refractivity contribution >= 4 is 17.6 Å². The highest BCUT2D eigenvalue weighted by molar-refractivity contribution is 5.94. The maximum Gasteiger partial charge on any atom is 0.310 e. The first kappa shape index (κ1) is 19.0. The Morgan fingerprint density at radius 3 is 2.46 bits per heavy atom. The number of hydrogen-bond donors (Lipinski definition) is 0. The molecule has 2 rings (SSSR count). The minimum atomic E-state index is -0.529. The Morgan fingerprint density at radius 2 is 1.92 bits per heavy atom. The van der Waals surface area contributed by atoms with Crippen molar-refractivity contribution in [1.29, 1.82) is 0 Å². The summed E-state index contributed by atoms with van der Waals surface area (Å²) in [5, 5.41) is 10.8. The fourth-order valence-corrected chi connectivity index (χ4v) is 2.42. The second kappa shape index (κ2) is 8.70. The first-order chi connectivity index (χ1) is 12.4. The van der Waals surface area contributed by atoms with Crippen LogP contribution in [0.4, 0.5) is 5.69 Å². The van der Waals surface area contributed by atoms with Gasteiger partial charge in [0.05, 0.1) is 30.2 Å². The molecule has 0 radical (unpaired) electrons. The van der Waals surface area contributed by atoms with Gasteiger partial charge in [-0.2, -0.15) is 0 Å². The second-order valence-electron chi connectivity index (χ2n) is 5.73. The van der Waals surface area contributed by atoms with E-state index in [0.29, 0.717) is 11.3 Å². The summed E-state index contributed by atoms with van der Waals surface area (Å²) in [5.74, 6) is -1.29. The lowest BCUT2D eigenvalue weighted by Gasteiger charge is -2.25. The molecule has 0 spiro atoms. The highest BCUT2D eigenvalue weighted by Crippen LogP contribution is 2.16. The van der Waals surface area contributed by atoms with Crippen molar-refractivity contribution in [3.63, 3.8) is 0 Å². The molecule has 2 aromatic rings. The van der Waals surface area contributed by atoms with E-state index in [0.717, 1.165) is 0 Å². The molecule has 136 valence electrons. The normalized spacial score (nSPS) is 11.5. The summed E-state index contributed by atoms with van der Waals surface area (Å²) in [6.45, 7) is 2.01. The number of nitro groups is 1.